The minimum Gasteiger partial charge on any atom is -0.369 e. The van der Waals surface area contributed by atoms with E-state index in [9.17, 15) is 9.18 Å². The summed E-state index contributed by atoms with van der Waals surface area (Å²) >= 11 is 18.9. The van der Waals surface area contributed by atoms with Crippen molar-refractivity contribution >= 4 is 69.5 Å². The molecule has 13 heteroatoms. The molecule has 0 radical (unpaired) electrons. The maximum atomic E-state index is 14.4. The van der Waals surface area contributed by atoms with Gasteiger partial charge in [0, 0.05) is 23.5 Å². The van der Waals surface area contributed by atoms with Gasteiger partial charge in [-0.2, -0.15) is 4.98 Å². The molecule has 5 N–H and O–H groups in total. The van der Waals surface area contributed by atoms with Gasteiger partial charge in [-0.3, -0.25) is 9.36 Å². The summed E-state index contributed by atoms with van der Waals surface area (Å²) in [5, 5.41) is 10.5. The van der Waals surface area contributed by atoms with Gasteiger partial charge >= 0.3 is 0 Å². The van der Waals surface area contributed by atoms with Gasteiger partial charge in [0.2, 0.25) is 17.8 Å². The number of imidazole rings is 1. The molecule has 1 saturated heterocycles. The minimum absolute atomic E-state index is 0.00601. The predicted molar refractivity (Wildman–Crippen MR) is 140 cm³/mol. The molecule has 0 spiro atoms. The molecular weight excluding hydrogens is 530 g/mol. The molecular formula is C23H26Cl3FN8O. The fourth-order valence-corrected chi connectivity index (χ4v) is 5.85. The van der Waals surface area contributed by atoms with Gasteiger partial charge in [0.25, 0.3) is 0 Å². The molecule has 2 aliphatic rings. The lowest BCUT2D eigenvalue weighted by molar-refractivity contribution is -0.122. The molecule has 1 aliphatic heterocycles. The van der Waals surface area contributed by atoms with Crippen molar-refractivity contribution in [1.82, 2.24) is 24.8 Å². The van der Waals surface area contributed by atoms with Crippen molar-refractivity contribution in [3.8, 4) is 0 Å². The van der Waals surface area contributed by atoms with E-state index in [0.29, 0.717) is 75.9 Å². The van der Waals surface area contributed by atoms with E-state index in [1.54, 1.807) is 18.3 Å². The van der Waals surface area contributed by atoms with Crippen LogP contribution in [0.15, 0.2) is 18.3 Å². The molecule has 2 aromatic heterocycles. The van der Waals surface area contributed by atoms with E-state index in [0.717, 1.165) is 6.54 Å². The van der Waals surface area contributed by atoms with Crippen LogP contribution in [0.5, 0.6) is 0 Å². The average Bonchev–Trinajstić information content (AvgIpc) is 3.20. The molecule has 2 fully saturated rings. The van der Waals surface area contributed by atoms with E-state index in [1.807, 2.05) is 4.57 Å². The van der Waals surface area contributed by atoms with E-state index in [-0.39, 0.29) is 30.5 Å². The molecule has 1 aliphatic carbocycles. The molecule has 5 rings (SSSR count). The van der Waals surface area contributed by atoms with Gasteiger partial charge in [0.05, 0.1) is 28.0 Å². The standard InChI is InChI=1S/C23H26Cl3FN8O/c24-12-7-14(25)19(15(26)8-12)33-23-32-18-10-30-22(31-17-5-6-29-9-16(17)27)34-21(18)35(23)13-3-1-11(2-4-13)20(28)36/h7-8,10-11,13,16-17,29H,1-6,9H2,(H2,28,36)(H,32,33)(H,30,31,34)/t11-,13-,16-,17+/m1/s1. The second-order valence-corrected chi connectivity index (χ2v) is 10.5. The normalized spacial score (nSPS) is 24.6. The van der Waals surface area contributed by atoms with E-state index in [2.05, 4.69) is 20.9 Å². The molecule has 2 atom stereocenters. The number of benzene rings is 1. The number of alkyl halides is 1. The van der Waals surface area contributed by atoms with E-state index in [4.69, 9.17) is 50.5 Å². The number of nitrogens with zero attached hydrogens (tertiary/aromatic N) is 4. The van der Waals surface area contributed by atoms with Gasteiger partial charge in [0.15, 0.2) is 5.65 Å². The fraction of sp³-hybridized carbons (Fsp3) is 0.478. The Bertz CT molecular complexity index is 1260. The summed E-state index contributed by atoms with van der Waals surface area (Å²) in [7, 11) is 0. The lowest BCUT2D eigenvalue weighted by Gasteiger charge is -2.29. The first-order valence-corrected chi connectivity index (χ1v) is 13.0. The van der Waals surface area contributed by atoms with Gasteiger partial charge in [-0.15, -0.1) is 0 Å². The van der Waals surface area contributed by atoms with Crippen LogP contribution >= 0.6 is 34.8 Å². The van der Waals surface area contributed by atoms with Crippen LogP contribution in [0.3, 0.4) is 0 Å². The lowest BCUT2D eigenvalue weighted by Crippen LogP contribution is -2.45. The van der Waals surface area contributed by atoms with E-state index >= 15 is 0 Å². The number of aromatic nitrogens is 4. The van der Waals surface area contributed by atoms with Crippen molar-refractivity contribution in [2.45, 2.75) is 50.4 Å². The number of hydrogen-bond acceptors (Lipinski definition) is 7. The molecule has 9 nitrogen and oxygen atoms in total. The van der Waals surface area contributed by atoms with Crippen LogP contribution in [0.4, 0.5) is 22.0 Å². The van der Waals surface area contributed by atoms with Crippen molar-refractivity contribution in [3.63, 3.8) is 0 Å². The minimum atomic E-state index is -1.04. The van der Waals surface area contributed by atoms with Crippen molar-refractivity contribution < 1.29 is 9.18 Å². The first kappa shape index (κ1) is 25.3. The van der Waals surface area contributed by atoms with Gasteiger partial charge in [0.1, 0.15) is 11.7 Å². The Labute approximate surface area is 222 Å². The first-order valence-electron chi connectivity index (χ1n) is 11.9. The molecule has 1 aromatic carbocycles. The summed E-state index contributed by atoms with van der Waals surface area (Å²) in [6.07, 6.45) is 3.94. The smallest absolute Gasteiger partial charge is 0.225 e. The highest BCUT2D eigenvalue weighted by Crippen LogP contribution is 2.40. The monoisotopic (exact) mass is 554 g/mol. The third-order valence-corrected chi connectivity index (χ3v) is 7.68. The van der Waals surface area contributed by atoms with Crippen molar-refractivity contribution in [2.24, 2.45) is 11.7 Å². The van der Waals surface area contributed by atoms with E-state index in [1.165, 1.54) is 0 Å². The summed E-state index contributed by atoms with van der Waals surface area (Å²) in [6.45, 7) is 1.01. The highest BCUT2D eigenvalue weighted by atomic mass is 35.5. The Kier molecular flexibility index (Phi) is 7.39. The second-order valence-electron chi connectivity index (χ2n) is 9.24. The maximum Gasteiger partial charge on any atom is 0.225 e. The number of rotatable bonds is 6. The number of nitrogens with two attached hydrogens (primary N) is 1. The van der Waals surface area contributed by atoms with Gasteiger partial charge < -0.3 is 21.7 Å². The van der Waals surface area contributed by atoms with Crippen LogP contribution in [0.2, 0.25) is 15.1 Å². The summed E-state index contributed by atoms with van der Waals surface area (Å²) in [6, 6.07) is 2.80. The molecule has 0 bridgehead atoms. The zero-order valence-corrected chi connectivity index (χ0v) is 21.5. The topological polar surface area (TPSA) is 123 Å². The SMILES string of the molecule is NC(=O)[C@H]1CC[C@H](n2c(Nc3c(Cl)cc(Cl)cc3Cl)nc3cnc(N[C@H]4CCNC[C@H]4F)nc32)CC1. The fourth-order valence-electron chi connectivity index (χ4n) is 4.94. The van der Waals surface area contributed by atoms with Gasteiger partial charge in [-0.1, -0.05) is 34.8 Å². The van der Waals surface area contributed by atoms with Crippen molar-refractivity contribution in [1.29, 1.82) is 0 Å². The molecule has 3 aromatic rings. The summed E-state index contributed by atoms with van der Waals surface area (Å²) in [5.41, 5.74) is 7.15. The molecule has 36 heavy (non-hydrogen) atoms. The highest BCUT2D eigenvalue weighted by molar-refractivity contribution is 6.41. The second kappa shape index (κ2) is 10.5. The maximum absolute atomic E-state index is 14.4. The van der Waals surface area contributed by atoms with Gasteiger partial charge in [-0.05, 0) is 50.8 Å². The largest absolute Gasteiger partial charge is 0.369 e. The average molecular weight is 556 g/mol. The Morgan fingerprint density at radius 1 is 1.11 bits per heavy atom. The Morgan fingerprint density at radius 3 is 2.50 bits per heavy atom. The number of nitrogens with one attached hydrogen (secondary N) is 3. The van der Waals surface area contributed by atoms with Crippen molar-refractivity contribution in [2.75, 3.05) is 23.7 Å². The van der Waals surface area contributed by atoms with Crippen LogP contribution in [0.1, 0.15) is 38.1 Å². The number of carbonyl (C=O) groups excluding carboxylic acids is 1. The predicted octanol–water partition coefficient (Wildman–Crippen LogP) is 4.86. The molecule has 0 unspecified atom stereocenters. The Hall–Kier alpha value is -2.40. The van der Waals surface area contributed by atoms with Gasteiger partial charge in [-0.25, -0.2) is 14.4 Å². The number of halogens is 4. The Morgan fingerprint density at radius 2 is 1.83 bits per heavy atom. The number of hydrogen-bond donors (Lipinski definition) is 4. The number of amides is 1. The first-order chi connectivity index (χ1) is 17.3. The van der Waals surface area contributed by atoms with Crippen LogP contribution in [-0.2, 0) is 4.79 Å². The molecule has 3 heterocycles. The lowest BCUT2D eigenvalue weighted by atomic mass is 9.85. The molecule has 1 saturated carbocycles. The van der Waals surface area contributed by atoms with Crippen LogP contribution in [0, 0.1) is 5.92 Å². The van der Waals surface area contributed by atoms with Crippen molar-refractivity contribution in [3.05, 3.63) is 33.4 Å². The number of anilines is 3. The zero-order chi connectivity index (χ0) is 25.4. The highest BCUT2D eigenvalue weighted by Gasteiger charge is 2.30. The van der Waals surface area contributed by atoms with Crippen LogP contribution < -0.4 is 21.7 Å². The quantitative estimate of drug-likeness (QED) is 0.343. The number of primary amides is 1. The molecule has 192 valence electrons. The van der Waals surface area contributed by atoms with Crippen LogP contribution in [-0.4, -0.2) is 50.7 Å². The summed E-state index contributed by atoms with van der Waals surface area (Å²) in [5.74, 6) is 0.382. The summed E-state index contributed by atoms with van der Waals surface area (Å²) in [4.78, 5) is 25.5. The van der Waals surface area contributed by atoms with E-state index < -0.39 is 6.17 Å². The summed E-state index contributed by atoms with van der Waals surface area (Å²) < 4.78 is 16.4. The Balaban J connectivity index is 1.53. The zero-order valence-electron chi connectivity index (χ0n) is 19.3. The van der Waals surface area contributed by atoms with Crippen LogP contribution in [0.25, 0.3) is 11.2 Å². The number of piperidine rings is 1. The number of carbonyl (C=O) groups is 1. The number of fused-ring (bicyclic) bond motifs is 1. The third-order valence-electron chi connectivity index (χ3n) is 6.86. The molecule has 1 amide bonds. The third kappa shape index (κ3) is 5.18.